The molecule has 0 aliphatic heterocycles. The van der Waals surface area contributed by atoms with E-state index in [1.165, 1.54) is 0 Å². The van der Waals surface area contributed by atoms with Crippen LogP contribution in [0.5, 0.6) is 0 Å². The number of hydrogen-bond donors (Lipinski definition) is 1. The molecule has 0 fully saturated rings. The highest BCUT2D eigenvalue weighted by atomic mass is 19.1. The lowest BCUT2D eigenvalue weighted by atomic mass is 10.2. The zero-order chi connectivity index (χ0) is 8.15. The predicted molar refractivity (Wildman–Crippen MR) is 35.9 cm³/mol. The minimum Gasteiger partial charge on any atom is -0.503 e. The molecule has 0 bridgehead atoms. The van der Waals surface area contributed by atoms with Crippen LogP contribution < -0.4 is 0 Å². The fourth-order valence-electron chi connectivity index (χ4n) is 0.485. The Morgan fingerprint density at radius 3 is 2.30 bits per heavy atom. The van der Waals surface area contributed by atoms with Crippen LogP contribution in [0.15, 0.2) is 24.0 Å². The third-order valence-electron chi connectivity index (χ3n) is 0.983. The van der Waals surface area contributed by atoms with Crippen LogP contribution in [0, 0.1) is 0 Å². The van der Waals surface area contributed by atoms with Crippen LogP contribution in [-0.2, 0) is 0 Å². The molecule has 0 rings (SSSR count). The first-order valence-corrected chi connectivity index (χ1v) is 3.02. The quantitative estimate of drug-likeness (QED) is 0.481. The molecule has 0 aromatic rings. The van der Waals surface area contributed by atoms with Gasteiger partial charge in [0.15, 0.2) is 11.6 Å². The van der Waals surface area contributed by atoms with Crippen molar-refractivity contribution in [2.75, 3.05) is 0 Å². The second-order valence-corrected chi connectivity index (χ2v) is 1.91. The molecule has 10 heavy (non-hydrogen) atoms. The fourth-order valence-corrected chi connectivity index (χ4v) is 0.485. The maximum absolute atomic E-state index is 12.4. The molecular formula is C7H10F2O. The molecule has 0 atom stereocenters. The Balaban J connectivity index is 4.19. The van der Waals surface area contributed by atoms with Gasteiger partial charge in [-0.25, -0.2) is 8.78 Å². The largest absolute Gasteiger partial charge is 0.503 e. The highest BCUT2D eigenvalue weighted by Crippen LogP contribution is 2.16. The zero-order valence-corrected chi connectivity index (χ0v) is 5.82. The number of rotatable bonds is 3. The Labute approximate surface area is 58.7 Å². The molecule has 0 saturated carbocycles. The molecule has 0 aliphatic carbocycles. The van der Waals surface area contributed by atoms with E-state index >= 15 is 0 Å². The van der Waals surface area contributed by atoms with Gasteiger partial charge in [0, 0.05) is 6.42 Å². The van der Waals surface area contributed by atoms with Crippen LogP contribution in [0.4, 0.5) is 8.78 Å². The van der Waals surface area contributed by atoms with Gasteiger partial charge in [-0.3, -0.25) is 0 Å². The molecule has 0 spiro atoms. The van der Waals surface area contributed by atoms with E-state index in [4.69, 9.17) is 5.11 Å². The maximum Gasteiger partial charge on any atom is 0.182 e. The van der Waals surface area contributed by atoms with Gasteiger partial charge in [-0.05, 0) is 6.42 Å². The van der Waals surface area contributed by atoms with E-state index in [0.717, 1.165) is 0 Å². The molecule has 0 heterocycles. The van der Waals surface area contributed by atoms with Gasteiger partial charge in [0.1, 0.15) is 5.83 Å². The molecule has 0 unspecified atom stereocenters. The lowest BCUT2D eigenvalue weighted by molar-refractivity contribution is 0.356. The van der Waals surface area contributed by atoms with Crippen LogP contribution in [0.25, 0.3) is 0 Å². The number of allylic oxidation sites excluding steroid dienone is 2. The van der Waals surface area contributed by atoms with Crippen molar-refractivity contribution in [1.29, 1.82) is 0 Å². The Morgan fingerprint density at radius 2 is 2.00 bits per heavy atom. The van der Waals surface area contributed by atoms with Crippen molar-refractivity contribution >= 4 is 0 Å². The third-order valence-corrected chi connectivity index (χ3v) is 0.983. The summed E-state index contributed by atoms with van der Waals surface area (Å²) < 4.78 is 24.3. The summed E-state index contributed by atoms with van der Waals surface area (Å²) in [6.07, 6.45) is 0.581. The SMILES string of the molecule is C=C(F)/C(O)=C(/F)CCC. The van der Waals surface area contributed by atoms with E-state index in [1.807, 2.05) is 0 Å². The molecule has 0 saturated heterocycles. The van der Waals surface area contributed by atoms with Crippen LogP contribution in [0.2, 0.25) is 0 Å². The Hall–Kier alpha value is -0.860. The van der Waals surface area contributed by atoms with E-state index in [0.29, 0.717) is 6.42 Å². The number of aliphatic hydroxyl groups excluding tert-OH is 1. The van der Waals surface area contributed by atoms with Crippen molar-refractivity contribution in [3.8, 4) is 0 Å². The second kappa shape index (κ2) is 4.04. The molecule has 0 aromatic heterocycles. The van der Waals surface area contributed by atoms with Gasteiger partial charge in [0.2, 0.25) is 0 Å². The van der Waals surface area contributed by atoms with Gasteiger partial charge >= 0.3 is 0 Å². The normalized spacial score (nSPS) is 12.7. The van der Waals surface area contributed by atoms with Gasteiger partial charge in [-0.1, -0.05) is 13.5 Å². The molecule has 0 aliphatic rings. The van der Waals surface area contributed by atoms with Crippen molar-refractivity contribution in [3.63, 3.8) is 0 Å². The second-order valence-electron chi connectivity index (χ2n) is 1.91. The van der Waals surface area contributed by atoms with E-state index in [-0.39, 0.29) is 6.42 Å². The first kappa shape index (κ1) is 9.14. The smallest absolute Gasteiger partial charge is 0.182 e. The monoisotopic (exact) mass is 148 g/mol. The van der Waals surface area contributed by atoms with Gasteiger partial charge in [0.05, 0.1) is 0 Å². The fraction of sp³-hybridized carbons (Fsp3) is 0.429. The summed E-state index contributed by atoms with van der Waals surface area (Å²) in [5, 5.41) is 8.56. The van der Waals surface area contributed by atoms with E-state index in [2.05, 4.69) is 6.58 Å². The van der Waals surface area contributed by atoms with E-state index in [9.17, 15) is 8.78 Å². The summed E-state index contributed by atoms with van der Waals surface area (Å²) >= 11 is 0. The predicted octanol–water partition coefficient (Wildman–Crippen LogP) is 3.01. The standard InChI is InChI=1S/C7H10F2O/c1-3-4-6(9)7(10)5(2)8/h10H,2-4H2,1H3/b7-6-. The van der Waals surface area contributed by atoms with Crippen molar-refractivity contribution < 1.29 is 13.9 Å². The van der Waals surface area contributed by atoms with Crippen molar-refractivity contribution in [2.45, 2.75) is 19.8 Å². The first-order valence-electron chi connectivity index (χ1n) is 3.02. The van der Waals surface area contributed by atoms with Crippen molar-refractivity contribution in [1.82, 2.24) is 0 Å². The summed E-state index contributed by atoms with van der Waals surface area (Å²) in [6, 6.07) is 0. The summed E-state index contributed by atoms with van der Waals surface area (Å²) in [5.41, 5.74) is 0. The van der Waals surface area contributed by atoms with Gasteiger partial charge in [0.25, 0.3) is 0 Å². The minimum atomic E-state index is -1.12. The van der Waals surface area contributed by atoms with E-state index in [1.54, 1.807) is 6.92 Å². The van der Waals surface area contributed by atoms with Gasteiger partial charge in [-0.15, -0.1) is 0 Å². The van der Waals surface area contributed by atoms with Gasteiger partial charge in [-0.2, -0.15) is 0 Å². The number of halogens is 2. The van der Waals surface area contributed by atoms with Crippen LogP contribution in [0.1, 0.15) is 19.8 Å². The van der Waals surface area contributed by atoms with Crippen molar-refractivity contribution in [2.24, 2.45) is 0 Å². The van der Waals surface area contributed by atoms with E-state index < -0.39 is 17.4 Å². The number of aliphatic hydroxyl groups is 1. The number of hydrogen-bond acceptors (Lipinski definition) is 1. The van der Waals surface area contributed by atoms with Crippen LogP contribution >= 0.6 is 0 Å². The highest BCUT2D eigenvalue weighted by molar-refractivity contribution is 5.17. The maximum atomic E-state index is 12.4. The minimum absolute atomic E-state index is 0.0504. The lowest BCUT2D eigenvalue weighted by Crippen LogP contribution is -1.85. The highest BCUT2D eigenvalue weighted by Gasteiger charge is 2.06. The first-order chi connectivity index (χ1) is 4.59. The Kier molecular flexibility index (Phi) is 3.69. The zero-order valence-electron chi connectivity index (χ0n) is 5.82. The molecule has 1 nitrogen and oxygen atoms in total. The summed E-state index contributed by atoms with van der Waals surface area (Å²) in [5.74, 6) is -2.91. The molecule has 3 heteroatoms. The van der Waals surface area contributed by atoms with Gasteiger partial charge < -0.3 is 5.11 Å². The average molecular weight is 148 g/mol. The molecule has 58 valence electrons. The van der Waals surface area contributed by atoms with Crippen LogP contribution in [-0.4, -0.2) is 5.11 Å². The lowest BCUT2D eigenvalue weighted by Gasteiger charge is -1.96. The summed E-state index contributed by atoms with van der Waals surface area (Å²) in [6.45, 7) is 4.47. The molecular weight excluding hydrogens is 138 g/mol. The molecule has 0 radical (unpaired) electrons. The summed E-state index contributed by atoms with van der Waals surface area (Å²) in [4.78, 5) is 0. The molecule has 0 aromatic carbocycles. The topological polar surface area (TPSA) is 20.2 Å². The molecule has 0 amide bonds. The Bertz CT molecular complexity index is 161. The van der Waals surface area contributed by atoms with Crippen molar-refractivity contribution in [3.05, 3.63) is 24.0 Å². The third kappa shape index (κ3) is 2.62. The molecule has 1 N–H and O–H groups in total. The van der Waals surface area contributed by atoms with Crippen LogP contribution in [0.3, 0.4) is 0 Å². The average Bonchev–Trinajstić information content (AvgIpc) is 1.87. The summed E-state index contributed by atoms with van der Waals surface area (Å²) in [7, 11) is 0. The Morgan fingerprint density at radius 1 is 1.50 bits per heavy atom.